The van der Waals surface area contributed by atoms with Crippen LogP contribution in [0.5, 0.6) is 0 Å². The average molecular weight is 531 g/mol. The van der Waals surface area contributed by atoms with Crippen molar-refractivity contribution in [1.29, 1.82) is 0 Å². The predicted molar refractivity (Wildman–Crippen MR) is 140 cm³/mol. The standard InChI is InChI=1S/C25H34N6O5S/c1-37-11-9-18(26)22(32)29-19(13-17-14-27-15-28-17)23(33)30-20(12-16-6-3-2-4-7-16)24(34)31-10-5-8-21(31)25(35)36/h2-4,6-7,14-15,18-21H,5,8-13,26H2,1H3,(H,27,28)(H,29,32)(H,30,33)(H,35,36). The molecule has 1 aliphatic rings. The van der Waals surface area contributed by atoms with Crippen molar-refractivity contribution in [2.45, 2.75) is 56.3 Å². The number of aromatic amines is 1. The number of carbonyl (C=O) groups is 4. The number of likely N-dealkylation sites (tertiary alicyclic amines) is 1. The Labute approximate surface area is 220 Å². The number of H-pyrrole nitrogens is 1. The average Bonchev–Trinajstić information content (AvgIpc) is 3.59. The van der Waals surface area contributed by atoms with Crippen LogP contribution in [0.15, 0.2) is 42.9 Å². The summed E-state index contributed by atoms with van der Waals surface area (Å²) >= 11 is 1.57. The Morgan fingerprint density at radius 2 is 1.89 bits per heavy atom. The molecule has 200 valence electrons. The normalized spacial score (nSPS) is 17.6. The second-order valence-corrected chi connectivity index (χ2v) is 9.99. The van der Waals surface area contributed by atoms with Gasteiger partial charge in [0.05, 0.1) is 12.4 Å². The van der Waals surface area contributed by atoms with Gasteiger partial charge in [0.25, 0.3) is 0 Å². The van der Waals surface area contributed by atoms with E-state index in [1.54, 1.807) is 18.0 Å². The summed E-state index contributed by atoms with van der Waals surface area (Å²) in [5.41, 5.74) is 7.44. The summed E-state index contributed by atoms with van der Waals surface area (Å²) < 4.78 is 0. The molecule has 3 amide bonds. The fourth-order valence-corrected chi connectivity index (χ4v) is 4.78. The minimum absolute atomic E-state index is 0.112. The summed E-state index contributed by atoms with van der Waals surface area (Å²) in [6, 6.07) is 5.41. The van der Waals surface area contributed by atoms with Gasteiger partial charge in [0.2, 0.25) is 17.7 Å². The maximum absolute atomic E-state index is 13.5. The lowest BCUT2D eigenvalue weighted by atomic mass is 10.0. The Bertz CT molecular complexity index is 1050. The van der Waals surface area contributed by atoms with Crippen molar-refractivity contribution in [2.24, 2.45) is 5.73 Å². The van der Waals surface area contributed by atoms with E-state index in [9.17, 15) is 24.3 Å². The fourth-order valence-electron chi connectivity index (χ4n) is 4.29. The molecule has 0 bridgehead atoms. The number of nitrogens with zero attached hydrogens (tertiary/aromatic N) is 2. The first-order valence-electron chi connectivity index (χ1n) is 12.2. The molecule has 0 aliphatic carbocycles. The van der Waals surface area contributed by atoms with Crippen LogP contribution in [0.4, 0.5) is 0 Å². The third kappa shape index (κ3) is 8.05. The van der Waals surface area contributed by atoms with Gasteiger partial charge in [-0.25, -0.2) is 9.78 Å². The van der Waals surface area contributed by atoms with E-state index < -0.39 is 47.9 Å². The zero-order valence-corrected chi connectivity index (χ0v) is 21.6. The largest absolute Gasteiger partial charge is 0.480 e. The van der Waals surface area contributed by atoms with Gasteiger partial charge in [0.15, 0.2) is 0 Å². The molecule has 6 N–H and O–H groups in total. The first-order chi connectivity index (χ1) is 17.8. The molecule has 1 fully saturated rings. The third-order valence-corrected chi connectivity index (χ3v) is 6.94. The summed E-state index contributed by atoms with van der Waals surface area (Å²) in [5.74, 6) is -1.88. The summed E-state index contributed by atoms with van der Waals surface area (Å²) in [5, 5.41) is 15.1. The van der Waals surface area contributed by atoms with Crippen LogP contribution in [0.1, 0.15) is 30.5 Å². The number of hydrogen-bond acceptors (Lipinski definition) is 7. The molecule has 37 heavy (non-hydrogen) atoms. The minimum Gasteiger partial charge on any atom is -0.480 e. The SMILES string of the molecule is CSCCC(N)C(=O)NC(Cc1cnc[nH]1)C(=O)NC(Cc1ccccc1)C(=O)N1CCCC1C(=O)O. The van der Waals surface area contributed by atoms with E-state index in [1.165, 1.54) is 11.2 Å². The van der Waals surface area contributed by atoms with Crippen molar-refractivity contribution in [3.63, 3.8) is 0 Å². The molecule has 4 unspecified atom stereocenters. The number of amides is 3. The highest BCUT2D eigenvalue weighted by Crippen LogP contribution is 2.20. The quantitative estimate of drug-likeness (QED) is 0.246. The van der Waals surface area contributed by atoms with Crippen LogP contribution in [0, 0.1) is 0 Å². The van der Waals surface area contributed by atoms with E-state index >= 15 is 0 Å². The number of carboxylic acid groups (broad SMARTS) is 1. The molecule has 11 nitrogen and oxygen atoms in total. The summed E-state index contributed by atoms with van der Waals surface area (Å²) in [6.07, 6.45) is 6.60. The monoisotopic (exact) mass is 530 g/mol. The van der Waals surface area contributed by atoms with Crippen molar-refractivity contribution >= 4 is 35.5 Å². The van der Waals surface area contributed by atoms with Crippen molar-refractivity contribution in [3.8, 4) is 0 Å². The first kappa shape index (κ1) is 28.2. The van der Waals surface area contributed by atoms with Gasteiger partial charge in [-0.15, -0.1) is 0 Å². The smallest absolute Gasteiger partial charge is 0.326 e. The second kappa shape index (κ2) is 13.8. The Kier molecular flexibility index (Phi) is 10.5. The van der Waals surface area contributed by atoms with Gasteiger partial charge in [-0.1, -0.05) is 30.3 Å². The molecule has 1 aliphatic heterocycles. The zero-order valence-electron chi connectivity index (χ0n) is 20.8. The Balaban J connectivity index is 1.81. The molecule has 2 aromatic rings. The van der Waals surface area contributed by atoms with Crippen LogP contribution in [-0.4, -0.2) is 86.4 Å². The number of carboxylic acids is 1. The molecule has 2 heterocycles. The molecule has 1 aromatic carbocycles. The summed E-state index contributed by atoms with van der Waals surface area (Å²) in [7, 11) is 0. The number of benzene rings is 1. The molecule has 3 rings (SSSR count). The lowest BCUT2D eigenvalue weighted by Crippen LogP contribution is -2.58. The Morgan fingerprint density at radius 1 is 1.16 bits per heavy atom. The first-order valence-corrected chi connectivity index (χ1v) is 13.6. The number of nitrogens with two attached hydrogens (primary N) is 1. The molecule has 4 atom stereocenters. The zero-order chi connectivity index (χ0) is 26.8. The van der Waals surface area contributed by atoms with Crippen molar-refractivity contribution in [2.75, 3.05) is 18.6 Å². The molecule has 0 spiro atoms. The molecule has 12 heteroatoms. The molecular formula is C25H34N6O5S. The van der Waals surface area contributed by atoms with E-state index in [0.717, 1.165) is 5.56 Å². The summed E-state index contributed by atoms with van der Waals surface area (Å²) in [6.45, 7) is 0.301. The van der Waals surface area contributed by atoms with E-state index in [-0.39, 0.29) is 12.8 Å². The highest BCUT2D eigenvalue weighted by Gasteiger charge is 2.38. The molecule has 0 saturated carbocycles. The summed E-state index contributed by atoms with van der Waals surface area (Å²) in [4.78, 5) is 59.7. The molecule has 0 radical (unpaired) electrons. The number of aromatic nitrogens is 2. The van der Waals surface area contributed by atoms with E-state index in [0.29, 0.717) is 37.3 Å². The van der Waals surface area contributed by atoms with E-state index in [1.807, 2.05) is 36.6 Å². The maximum atomic E-state index is 13.5. The van der Waals surface area contributed by atoms with Crippen LogP contribution in [0.3, 0.4) is 0 Å². The second-order valence-electron chi connectivity index (χ2n) is 9.01. The number of nitrogens with one attached hydrogen (secondary N) is 3. The molecular weight excluding hydrogens is 496 g/mol. The minimum atomic E-state index is -1.07. The predicted octanol–water partition coefficient (Wildman–Crippen LogP) is 0.321. The number of rotatable bonds is 13. The number of carbonyl (C=O) groups excluding carboxylic acids is 3. The number of thioether (sulfide) groups is 1. The van der Waals surface area contributed by atoms with E-state index in [2.05, 4.69) is 20.6 Å². The Morgan fingerprint density at radius 3 is 2.54 bits per heavy atom. The van der Waals surface area contributed by atoms with Gasteiger partial charge in [-0.3, -0.25) is 14.4 Å². The van der Waals surface area contributed by atoms with Crippen LogP contribution < -0.4 is 16.4 Å². The van der Waals surface area contributed by atoms with Crippen molar-refractivity contribution in [1.82, 2.24) is 25.5 Å². The Hall–Kier alpha value is -3.38. The number of aliphatic carboxylic acids is 1. The van der Waals surface area contributed by atoms with Crippen LogP contribution in [0.2, 0.25) is 0 Å². The molecule has 1 saturated heterocycles. The molecule has 1 aromatic heterocycles. The van der Waals surface area contributed by atoms with Crippen LogP contribution >= 0.6 is 11.8 Å². The van der Waals surface area contributed by atoms with Crippen molar-refractivity contribution < 1.29 is 24.3 Å². The van der Waals surface area contributed by atoms with Gasteiger partial charge in [0, 0.05) is 31.3 Å². The highest BCUT2D eigenvalue weighted by atomic mass is 32.2. The lowest BCUT2D eigenvalue weighted by Gasteiger charge is -2.29. The third-order valence-electron chi connectivity index (χ3n) is 6.30. The highest BCUT2D eigenvalue weighted by molar-refractivity contribution is 7.98. The topological polar surface area (TPSA) is 171 Å². The number of hydrogen-bond donors (Lipinski definition) is 5. The number of imidazole rings is 1. The van der Waals surface area contributed by atoms with Gasteiger partial charge >= 0.3 is 5.97 Å². The van der Waals surface area contributed by atoms with Gasteiger partial charge in [-0.2, -0.15) is 11.8 Å². The maximum Gasteiger partial charge on any atom is 0.326 e. The van der Waals surface area contributed by atoms with Gasteiger partial charge in [0.1, 0.15) is 18.1 Å². The lowest BCUT2D eigenvalue weighted by molar-refractivity contribution is -0.149. The fraction of sp³-hybridized carbons (Fsp3) is 0.480. The van der Waals surface area contributed by atoms with Crippen LogP contribution in [0.25, 0.3) is 0 Å². The van der Waals surface area contributed by atoms with Gasteiger partial charge in [-0.05, 0) is 36.8 Å². The van der Waals surface area contributed by atoms with Crippen LogP contribution in [-0.2, 0) is 32.0 Å². The van der Waals surface area contributed by atoms with E-state index in [4.69, 9.17) is 5.73 Å². The van der Waals surface area contributed by atoms with Crippen molar-refractivity contribution in [3.05, 3.63) is 54.1 Å². The van der Waals surface area contributed by atoms with Gasteiger partial charge < -0.3 is 31.4 Å².